The van der Waals surface area contributed by atoms with Crippen LogP contribution in [0.3, 0.4) is 0 Å². The monoisotopic (exact) mass is 462 g/mol. The van der Waals surface area contributed by atoms with E-state index in [1.54, 1.807) is 30.3 Å². The van der Waals surface area contributed by atoms with Crippen LogP contribution in [0.15, 0.2) is 87.8 Å². The summed E-state index contributed by atoms with van der Waals surface area (Å²) in [5, 5.41) is 19.9. The minimum Gasteiger partial charge on any atom is -0.492 e. The van der Waals surface area contributed by atoms with Gasteiger partial charge in [0.1, 0.15) is 0 Å². The highest BCUT2D eigenvalue weighted by atomic mass is 35.5. The van der Waals surface area contributed by atoms with Crippen molar-refractivity contribution in [2.24, 2.45) is 10.2 Å². The standard InChI is InChI=1S/C24H19ClN4O2S/c1-15-7-11-18(12-8-15)28-22(30)21(27-26-20-6-4-3-5-16(20)2)23(31)29(24(28)32)19-13-9-17(25)10-14-19/h3-14,30H,1-2H3. The molecule has 0 saturated heterocycles. The first kappa shape index (κ1) is 21.7. The summed E-state index contributed by atoms with van der Waals surface area (Å²) in [5.74, 6) is -0.383. The Morgan fingerprint density at radius 1 is 0.844 bits per heavy atom. The minimum atomic E-state index is -0.587. The first-order valence-corrected chi connectivity index (χ1v) is 10.6. The lowest BCUT2D eigenvalue weighted by molar-refractivity contribution is 0.432. The third-order valence-corrected chi connectivity index (χ3v) is 5.58. The summed E-state index contributed by atoms with van der Waals surface area (Å²) >= 11 is 11.6. The Morgan fingerprint density at radius 3 is 2.09 bits per heavy atom. The van der Waals surface area contributed by atoms with Gasteiger partial charge in [-0.2, -0.15) is 0 Å². The molecular formula is C24H19ClN4O2S. The van der Waals surface area contributed by atoms with Gasteiger partial charge in [0.15, 0.2) is 4.77 Å². The van der Waals surface area contributed by atoms with E-state index in [2.05, 4.69) is 10.2 Å². The third kappa shape index (κ3) is 4.12. The van der Waals surface area contributed by atoms with E-state index in [0.29, 0.717) is 22.1 Å². The maximum absolute atomic E-state index is 13.4. The molecule has 0 aliphatic heterocycles. The molecule has 0 aliphatic rings. The number of azo groups is 1. The number of rotatable bonds is 4. The van der Waals surface area contributed by atoms with Crippen molar-refractivity contribution in [1.82, 2.24) is 9.13 Å². The van der Waals surface area contributed by atoms with Crippen LogP contribution >= 0.6 is 23.8 Å². The van der Waals surface area contributed by atoms with Gasteiger partial charge in [-0.1, -0.05) is 47.5 Å². The van der Waals surface area contributed by atoms with E-state index in [4.69, 9.17) is 23.8 Å². The molecule has 8 heteroatoms. The summed E-state index contributed by atoms with van der Waals surface area (Å²) < 4.78 is 2.79. The highest BCUT2D eigenvalue weighted by molar-refractivity contribution is 7.71. The van der Waals surface area contributed by atoms with E-state index in [0.717, 1.165) is 11.1 Å². The summed E-state index contributed by atoms with van der Waals surface area (Å²) in [4.78, 5) is 13.4. The molecule has 4 rings (SSSR count). The van der Waals surface area contributed by atoms with Crippen LogP contribution in [0.25, 0.3) is 11.4 Å². The molecule has 4 aromatic rings. The number of hydrogen-bond acceptors (Lipinski definition) is 5. The quantitative estimate of drug-likeness (QED) is 0.269. The van der Waals surface area contributed by atoms with Crippen LogP contribution in [0, 0.1) is 18.6 Å². The van der Waals surface area contributed by atoms with Crippen molar-refractivity contribution in [3.63, 3.8) is 0 Å². The van der Waals surface area contributed by atoms with Gasteiger partial charge >= 0.3 is 0 Å². The number of aromatic hydroxyl groups is 1. The molecule has 0 radical (unpaired) electrons. The Balaban J connectivity index is 2.01. The third-order valence-electron chi connectivity index (χ3n) is 4.96. The van der Waals surface area contributed by atoms with Crippen LogP contribution < -0.4 is 5.56 Å². The Morgan fingerprint density at radius 2 is 1.44 bits per heavy atom. The van der Waals surface area contributed by atoms with Gasteiger partial charge in [-0.25, -0.2) is 0 Å². The molecule has 0 aliphatic carbocycles. The molecule has 3 aromatic carbocycles. The zero-order valence-corrected chi connectivity index (χ0v) is 18.9. The van der Waals surface area contributed by atoms with E-state index >= 15 is 0 Å². The summed E-state index contributed by atoms with van der Waals surface area (Å²) in [6, 6.07) is 21.5. The largest absolute Gasteiger partial charge is 0.492 e. The normalized spacial score (nSPS) is 11.2. The molecule has 0 atom stereocenters. The van der Waals surface area contributed by atoms with Gasteiger partial charge in [-0.05, 0) is 74.1 Å². The molecule has 160 valence electrons. The van der Waals surface area contributed by atoms with Crippen molar-refractivity contribution >= 4 is 35.2 Å². The van der Waals surface area contributed by atoms with Gasteiger partial charge in [0.25, 0.3) is 5.56 Å². The van der Waals surface area contributed by atoms with Gasteiger partial charge in [-0.15, -0.1) is 10.2 Å². The van der Waals surface area contributed by atoms with E-state index in [1.165, 1.54) is 9.13 Å². The fourth-order valence-electron chi connectivity index (χ4n) is 3.20. The zero-order chi connectivity index (χ0) is 22.8. The summed E-state index contributed by atoms with van der Waals surface area (Å²) in [7, 11) is 0. The van der Waals surface area contributed by atoms with Crippen molar-refractivity contribution in [2.75, 3.05) is 0 Å². The molecule has 6 nitrogen and oxygen atoms in total. The van der Waals surface area contributed by atoms with Crippen molar-refractivity contribution < 1.29 is 5.11 Å². The lowest BCUT2D eigenvalue weighted by Crippen LogP contribution is -2.23. The molecule has 0 spiro atoms. The average Bonchev–Trinajstić information content (AvgIpc) is 2.77. The minimum absolute atomic E-state index is 0.0912. The fourth-order valence-corrected chi connectivity index (χ4v) is 3.70. The van der Waals surface area contributed by atoms with E-state index in [-0.39, 0.29) is 16.3 Å². The summed E-state index contributed by atoms with van der Waals surface area (Å²) in [6.45, 7) is 3.85. The maximum Gasteiger partial charge on any atom is 0.290 e. The molecule has 32 heavy (non-hydrogen) atoms. The van der Waals surface area contributed by atoms with Crippen molar-refractivity contribution in [3.8, 4) is 17.3 Å². The second-order valence-corrected chi connectivity index (χ2v) is 8.03. The van der Waals surface area contributed by atoms with Gasteiger partial charge in [-0.3, -0.25) is 13.9 Å². The van der Waals surface area contributed by atoms with Gasteiger partial charge in [0.05, 0.1) is 17.1 Å². The second-order valence-electron chi connectivity index (χ2n) is 7.23. The van der Waals surface area contributed by atoms with Crippen molar-refractivity contribution in [2.45, 2.75) is 13.8 Å². The summed E-state index contributed by atoms with van der Waals surface area (Å²) in [5.41, 5.74) is 2.80. The van der Waals surface area contributed by atoms with E-state index in [1.807, 2.05) is 56.3 Å². The Labute approximate surface area is 194 Å². The second kappa shape index (κ2) is 8.90. The van der Waals surface area contributed by atoms with E-state index in [9.17, 15) is 9.90 Å². The predicted molar refractivity (Wildman–Crippen MR) is 129 cm³/mol. The topological polar surface area (TPSA) is 71.9 Å². The first-order chi connectivity index (χ1) is 15.4. The maximum atomic E-state index is 13.4. The average molecular weight is 463 g/mol. The Bertz CT molecular complexity index is 1440. The van der Waals surface area contributed by atoms with Crippen LogP contribution in [0.5, 0.6) is 5.88 Å². The predicted octanol–water partition coefficient (Wildman–Crippen LogP) is 6.75. The number of benzene rings is 3. The molecule has 0 bridgehead atoms. The van der Waals surface area contributed by atoms with Crippen LogP contribution in [-0.2, 0) is 0 Å². The zero-order valence-electron chi connectivity index (χ0n) is 17.4. The smallest absolute Gasteiger partial charge is 0.290 e. The number of aryl methyl sites for hydroxylation is 2. The molecule has 0 fully saturated rings. The number of nitrogens with zero attached hydrogens (tertiary/aromatic N) is 4. The molecule has 0 unspecified atom stereocenters. The van der Waals surface area contributed by atoms with Crippen molar-refractivity contribution in [3.05, 3.63) is 104 Å². The Hall–Kier alpha value is -3.55. The summed E-state index contributed by atoms with van der Waals surface area (Å²) in [6.07, 6.45) is 0. The molecule has 0 amide bonds. The number of hydrogen-bond donors (Lipinski definition) is 1. The lowest BCUT2D eigenvalue weighted by atomic mass is 10.2. The fraction of sp³-hybridized carbons (Fsp3) is 0.0833. The Kier molecular flexibility index (Phi) is 6.03. The molecule has 1 N–H and O–H groups in total. The van der Waals surface area contributed by atoms with Gasteiger partial charge < -0.3 is 5.11 Å². The number of aromatic nitrogens is 2. The first-order valence-electron chi connectivity index (χ1n) is 9.78. The number of halogens is 1. The van der Waals surface area contributed by atoms with Gasteiger partial charge in [0, 0.05) is 5.02 Å². The van der Waals surface area contributed by atoms with Crippen molar-refractivity contribution in [1.29, 1.82) is 0 Å². The van der Waals surface area contributed by atoms with Crippen LogP contribution in [0.4, 0.5) is 11.4 Å². The molecule has 1 aromatic heterocycles. The molecular weight excluding hydrogens is 444 g/mol. The van der Waals surface area contributed by atoms with Crippen LogP contribution in [0.1, 0.15) is 11.1 Å². The van der Waals surface area contributed by atoms with Crippen LogP contribution in [-0.4, -0.2) is 14.2 Å². The SMILES string of the molecule is Cc1ccc(-n2c(O)c(N=Nc3ccccc3C)c(=O)n(-c3ccc(Cl)cc3)c2=S)cc1. The molecule has 0 saturated carbocycles. The van der Waals surface area contributed by atoms with E-state index < -0.39 is 5.56 Å². The lowest BCUT2D eigenvalue weighted by Gasteiger charge is -2.16. The molecule has 1 heterocycles. The highest BCUT2D eigenvalue weighted by Crippen LogP contribution is 2.30. The highest BCUT2D eigenvalue weighted by Gasteiger charge is 2.19. The van der Waals surface area contributed by atoms with Gasteiger partial charge in [0.2, 0.25) is 11.6 Å². The van der Waals surface area contributed by atoms with Crippen LogP contribution in [0.2, 0.25) is 5.02 Å².